The Kier molecular flexibility index (Phi) is 9.08. The van der Waals surface area contributed by atoms with Crippen molar-refractivity contribution in [2.45, 2.75) is 32.1 Å². The summed E-state index contributed by atoms with van der Waals surface area (Å²) in [6.07, 6.45) is -1.22. The molecule has 1 heterocycles. The van der Waals surface area contributed by atoms with Crippen LogP contribution in [0.5, 0.6) is 0 Å². The fourth-order valence-electron chi connectivity index (χ4n) is 4.58. The van der Waals surface area contributed by atoms with E-state index in [9.17, 15) is 23.2 Å². The molecule has 0 fully saturated rings. The molecule has 1 aliphatic rings. The van der Waals surface area contributed by atoms with Crippen LogP contribution in [0, 0.1) is 11.6 Å². The van der Waals surface area contributed by atoms with E-state index in [1.165, 1.54) is 53.4 Å². The average molecular weight is 553 g/mol. The Morgan fingerprint density at radius 2 is 1.40 bits per heavy atom. The summed E-state index contributed by atoms with van der Waals surface area (Å²) >= 11 is 0. The van der Waals surface area contributed by atoms with E-state index in [0.717, 1.165) is 0 Å². The Labute approximate surface area is 230 Å². The maximum absolute atomic E-state index is 14.2. The summed E-state index contributed by atoms with van der Waals surface area (Å²) in [4.78, 5) is 42.1. The number of anilines is 3. The number of ether oxygens (including phenoxy) is 2. The van der Waals surface area contributed by atoms with Crippen LogP contribution in [0.1, 0.15) is 25.8 Å². The van der Waals surface area contributed by atoms with Crippen molar-refractivity contribution in [3.8, 4) is 0 Å². The van der Waals surface area contributed by atoms with Gasteiger partial charge in [0.1, 0.15) is 11.6 Å². The number of hydrogen-bond acceptors (Lipinski definition) is 5. The Morgan fingerprint density at radius 1 is 0.850 bits per heavy atom. The molecule has 3 N–H and O–H groups in total. The number of benzene rings is 3. The van der Waals surface area contributed by atoms with Crippen LogP contribution >= 0.6 is 0 Å². The van der Waals surface area contributed by atoms with Gasteiger partial charge in [-0.05, 0) is 68.4 Å². The predicted molar refractivity (Wildman–Crippen MR) is 146 cm³/mol. The Balaban J connectivity index is 1.69. The van der Waals surface area contributed by atoms with Crippen molar-refractivity contribution in [2.75, 3.05) is 35.3 Å². The average Bonchev–Trinajstić information content (AvgIpc) is 3.14. The smallest absolute Gasteiger partial charge is 0.320 e. The molecule has 0 saturated heterocycles. The molecular formula is C29H30F2N4O5. The van der Waals surface area contributed by atoms with Crippen molar-refractivity contribution in [2.24, 2.45) is 0 Å². The van der Waals surface area contributed by atoms with Gasteiger partial charge in [-0.2, -0.15) is 0 Å². The molecule has 0 bridgehead atoms. The Hall–Kier alpha value is -4.35. The topological polar surface area (TPSA) is 109 Å². The first-order chi connectivity index (χ1) is 19.3. The van der Waals surface area contributed by atoms with Crippen molar-refractivity contribution in [1.29, 1.82) is 0 Å². The molecule has 9 nitrogen and oxygen atoms in total. The molecule has 4 amide bonds. The van der Waals surface area contributed by atoms with Crippen molar-refractivity contribution < 1.29 is 32.6 Å². The van der Waals surface area contributed by atoms with Crippen molar-refractivity contribution in [3.63, 3.8) is 0 Å². The standard InChI is InChI=1S/C29H30F2N4O5/c1-3-39-26(40-4-2)18-35-24-8-6-5-7-23(24)29(27(35)37,17-25(36)32-21-13-9-19(30)10-14-21)34-28(38)33-22-15-11-20(31)12-16-22/h5-16,26H,3-4,17-18H2,1-2H3,(H,32,36)(H2,33,34,38). The van der Waals surface area contributed by atoms with E-state index < -0.39 is 47.7 Å². The van der Waals surface area contributed by atoms with Crippen LogP contribution in [0.4, 0.5) is 30.6 Å². The van der Waals surface area contributed by atoms with Crippen LogP contribution in [-0.2, 0) is 24.6 Å². The Morgan fingerprint density at radius 3 is 1.98 bits per heavy atom. The molecule has 0 spiro atoms. The van der Waals surface area contributed by atoms with Gasteiger partial charge in [-0.3, -0.25) is 9.59 Å². The summed E-state index contributed by atoms with van der Waals surface area (Å²) in [6.45, 7) is 4.31. The van der Waals surface area contributed by atoms with Crippen LogP contribution in [-0.4, -0.2) is 43.9 Å². The number of rotatable bonds is 11. The van der Waals surface area contributed by atoms with Crippen molar-refractivity contribution in [1.82, 2.24) is 5.32 Å². The lowest BCUT2D eigenvalue weighted by atomic mass is 9.87. The minimum Gasteiger partial charge on any atom is -0.351 e. The highest BCUT2D eigenvalue weighted by Gasteiger charge is 2.53. The molecule has 11 heteroatoms. The third kappa shape index (κ3) is 6.44. The lowest BCUT2D eigenvalue weighted by Crippen LogP contribution is -2.56. The lowest BCUT2D eigenvalue weighted by Gasteiger charge is -2.30. The molecule has 3 aromatic rings. The van der Waals surface area contributed by atoms with E-state index in [0.29, 0.717) is 30.2 Å². The highest BCUT2D eigenvalue weighted by molar-refractivity contribution is 6.12. The van der Waals surface area contributed by atoms with E-state index in [4.69, 9.17) is 9.47 Å². The zero-order chi connectivity index (χ0) is 28.7. The van der Waals surface area contributed by atoms with E-state index in [2.05, 4.69) is 16.0 Å². The summed E-state index contributed by atoms with van der Waals surface area (Å²) in [5.74, 6) is -2.11. The molecule has 3 aromatic carbocycles. The highest BCUT2D eigenvalue weighted by Crippen LogP contribution is 2.43. The van der Waals surface area contributed by atoms with Gasteiger partial charge in [-0.1, -0.05) is 18.2 Å². The predicted octanol–water partition coefficient (Wildman–Crippen LogP) is 4.76. The van der Waals surface area contributed by atoms with E-state index in [1.54, 1.807) is 38.1 Å². The normalized spacial score (nSPS) is 16.1. The van der Waals surface area contributed by atoms with Crippen LogP contribution in [0.25, 0.3) is 0 Å². The van der Waals surface area contributed by atoms with Gasteiger partial charge in [0.25, 0.3) is 5.91 Å². The van der Waals surface area contributed by atoms with Crippen LogP contribution in [0.3, 0.4) is 0 Å². The second kappa shape index (κ2) is 12.7. The van der Waals surface area contributed by atoms with Gasteiger partial charge >= 0.3 is 6.03 Å². The largest absolute Gasteiger partial charge is 0.351 e. The molecule has 4 rings (SSSR count). The quantitative estimate of drug-likeness (QED) is 0.298. The molecule has 0 aliphatic carbocycles. The number of carbonyl (C=O) groups is 3. The molecular weight excluding hydrogens is 522 g/mol. The van der Waals surface area contributed by atoms with Gasteiger partial charge in [-0.15, -0.1) is 0 Å². The second-order valence-corrected chi connectivity index (χ2v) is 9.00. The van der Waals surface area contributed by atoms with Gasteiger partial charge in [-0.25, -0.2) is 13.6 Å². The number of carbonyl (C=O) groups excluding carboxylic acids is 3. The fraction of sp³-hybridized carbons (Fsp3) is 0.276. The summed E-state index contributed by atoms with van der Waals surface area (Å²) < 4.78 is 38.1. The van der Waals surface area contributed by atoms with Gasteiger partial charge in [0.2, 0.25) is 5.91 Å². The maximum Gasteiger partial charge on any atom is 0.320 e. The molecule has 40 heavy (non-hydrogen) atoms. The SMILES string of the molecule is CCOC(CN1C(=O)C(CC(=O)Nc2ccc(F)cc2)(NC(=O)Nc2ccc(F)cc2)c2ccccc21)OCC. The molecule has 1 aliphatic heterocycles. The maximum atomic E-state index is 14.2. The van der Waals surface area contributed by atoms with Crippen molar-refractivity contribution in [3.05, 3.63) is 90.0 Å². The third-order valence-electron chi connectivity index (χ3n) is 6.28. The summed E-state index contributed by atoms with van der Waals surface area (Å²) in [5.41, 5.74) is -0.328. The third-order valence-corrected chi connectivity index (χ3v) is 6.28. The van der Waals surface area contributed by atoms with E-state index in [1.807, 2.05) is 0 Å². The molecule has 0 saturated carbocycles. The summed E-state index contributed by atoms with van der Waals surface area (Å²) in [6, 6.07) is 16.3. The number of hydrogen-bond donors (Lipinski definition) is 3. The molecule has 1 unspecified atom stereocenters. The van der Waals surface area contributed by atoms with Gasteiger partial charge in [0.05, 0.1) is 18.7 Å². The minimum absolute atomic E-state index is 0.0140. The zero-order valence-electron chi connectivity index (χ0n) is 22.1. The monoisotopic (exact) mass is 552 g/mol. The number of amides is 4. The summed E-state index contributed by atoms with van der Waals surface area (Å²) in [5, 5.41) is 7.96. The van der Waals surface area contributed by atoms with Crippen LogP contribution in [0.2, 0.25) is 0 Å². The molecule has 0 aromatic heterocycles. The number of urea groups is 1. The van der Waals surface area contributed by atoms with Gasteiger partial charge in [0, 0.05) is 30.2 Å². The Bertz CT molecular complexity index is 1280. The van der Waals surface area contributed by atoms with E-state index >= 15 is 0 Å². The van der Waals surface area contributed by atoms with Crippen LogP contribution in [0.15, 0.2) is 72.8 Å². The highest BCUT2D eigenvalue weighted by atomic mass is 19.1. The fourth-order valence-corrected chi connectivity index (χ4v) is 4.58. The zero-order valence-corrected chi connectivity index (χ0v) is 22.1. The number of para-hydroxylation sites is 1. The van der Waals surface area contributed by atoms with Gasteiger partial charge < -0.3 is 30.3 Å². The molecule has 1 atom stereocenters. The first-order valence-corrected chi connectivity index (χ1v) is 12.8. The number of nitrogens with zero attached hydrogens (tertiary/aromatic N) is 1. The second-order valence-electron chi connectivity index (χ2n) is 9.00. The summed E-state index contributed by atoms with van der Waals surface area (Å²) in [7, 11) is 0. The first kappa shape index (κ1) is 28.7. The van der Waals surface area contributed by atoms with E-state index in [-0.39, 0.29) is 12.2 Å². The minimum atomic E-state index is -1.81. The number of nitrogens with one attached hydrogen (secondary N) is 3. The first-order valence-electron chi connectivity index (χ1n) is 12.8. The number of fused-ring (bicyclic) bond motifs is 1. The van der Waals surface area contributed by atoms with Crippen molar-refractivity contribution >= 4 is 34.9 Å². The lowest BCUT2D eigenvalue weighted by molar-refractivity contribution is -0.138. The van der Waals surface area contributed by atoms with Gasteiger partial charge in [0.15, 0.2) is 11.8 Å². The molecule has 210 valence electrons. The van der Waals surface area contributed by atoms with Crippen LogP contribution < -0.4 is 20.9 Å². The number of halogens is 2. The molecule has 0 radical (unpaired) electrons.